The Labute approximate surface area is 142 Å². The van der Waals surface area contributed by atoms with E-state index in [1.165, 1.54) is 0 Å². The van der Waals surface area contributed by atoms with E-state index in [-0.39, 0.29) is 18.9 Å². The summed E-state index contributed by atoms with van der Waals surface area (Å²) in [7, 11) is 0. The van der Waals surface area contributed by atoms with E-state index in [1.807, 2.05) is 35.8 Å². The fourth-order valence-corrected chi connectivity index (χ4v) is 3.86. The average Bonchev–Trinajstić information content (AvgIpc) is 2.70. The zero-order valence-corrected chi connectivity index (χ0v) is 14.5. The van der Waals surface area contributed by atoms with Gasteiger partial charge in [-0.05, 0) is 48.2 Å². The molecule has 0 spiro atoms. The van der Waals surface area contributed by atoms with Gasteiger partial charge in [0.1, 0.15) is 6.54 Å². The van der Waals surface area contributed by atoms with Gasteiger partial charge in [0, 0.05) is 21.1 Å². The molecule has 3 rings (SSSR count). The number of carbonyl (C=O) groups excluding carboxylic acids is 1. The zero-order valence-electron chi connectivity index (χ0n) is 12.9. The van der Waals surface area contributed by atoms with Gasteiger partial charge in [0.2, 0.25) is 5.91 Å². The quantitative estimate of drug-likeness (QED) is 0.838. The first-order valence-electron chi connectivity index (χ1n) is 7.68. The number of carboxylic acid groups (broad SMARTS) is 1. The molecule has 1 aromatic heterocycles. The molecule has 0 bridgehead atoms. The molecule has 1 aliphatic carbocycles. The lowest BCUT2D eigenvalue weighted by Crippen LogP contribution is -2.55. The van der Waals surface area contributed by atoms with Crippen molar-refractivity contribution in [1.82, 2.24) is 9.88 Å². The molecule has 2 N–H and O–H groups in total. The number of para-hydroxylation sites is 1. The van der Waals surface area contributed by atoms with Crippen LogP contribution in [0.4, 0.5) is 0 Å². The van der Waals surface area contributed by atoms with Gasteiger partial charge in [-0.15, -0.1) is 0 Å². The van der Waals surface area contributed by atoms with Crippen LogP contribution in [0.2, 0.25) is 0 Å². The van der Waals surface area contributed by atoms with Gasteiger partial charge in [-0.25, -0.2) is 0 Å². The largest absolute Gasteiger partial charge is 0.481 e. The lowest BCUT2D eigenvalue weighted by Gasteiger charge is -2.41. The van der Waals surface area contributed by atoms with Crippen molar-refractivity contribution in [3.8, 4) is 0 Å². The maximum absolute atomic E-state index is 12.5. The topological polar surface area (TPSA) is 71.3 Å². The highest BCUT2D eigenvalue weighted by molar-refractivity contribution is 9.10. The molecule has 1 aromatic carbocycles. The summed E-state index contributed by atoms with van der Waals surface area (Å²) in [6.07, 6.45) is 2.43. The van der Waals surface area contributed by atoms with Crippen LogP contribution in [0.25, 0.3) is 10.9 Å². The molecule has 0 saturated heterocycles. The van der Waals surface area contributed by atoms with Gasteiger partial charge in [-0.1, -0.05) is 18.2 Å². The van der Waals surface area contributed by atoms with Gasteiger partial charge in [0.15, 0.2) is 0 Å². The highest BCUT2D eigenvalue weighted by Gasteiger charge is 2.40. The molecule has 0 radical (unpaired) electrons. The van der Waals surface area contributed by atoms with Crippen molar-refractivity contribution in [2.24, 2.45) is 0 Å². The maximum Gasteiger partial charge on any atom is 0.305 e. The van der Waals surface area contributed by atoms with Crippen LogP contribution in [0.1, 0.15) is 31.4 Å². The molecule has 1 amide bonds. The second-order valence-electron chi connectivity index (χ2n) is 6.26. The first-order valence-corrected chi connectivity index (χ1v) is 8.47. The van der Waals surface area contributed by atoms with Crippen molar-refractivity contribution >= 4 is 38.7 Å². The van der Waals surface area contributed by atoms with Crippen LogP contribution in [-0.4, -0.2) is 27.1 Å². The third kappa shape index (κ3) is 3.00. The molecule has 2 aromatic rings. The Morgan fingerprint density at radius 2 is 2.04 bits per heavy atom. The molecule has 1 aliphatic rings. The number of amides is 1. The molecule has 23 heavy (non-hydrogen) atoms. The Kier molecular flexibility index (Phi) is 4.19. The molecule has 1 fully saturated rings. The van der Waals surface area contributed by atoms with E-state index in [4.69, 9.17) is 5.11 Å². The smallest absolute Gasteiger partial charge is 0.305 e. The standard InChI is InChI=1S/C17H19BrN2O3/c1-11-16(18)12-5-2-3-6-13(12)20(11)10-14(21)19-17(7-4-8-17)9-15(22)23/h2-3,5-6H,4,7-10H2,1H3,(H,19,21)(H,22,23). The third-order valence-electron chi connectivity index (χ3n) is 4.66. The van der Waals surface area contributed by atoms with Crippen LogP contribution in [-0.2, 0) is 16.1 Å². The molecule has 1 heterocycles. The Morgan fingerprint density at radius 1 is 1.35 bits per heavy atom. The Balaban J connectivity index is 1.81. The highest BCUT2D eigenvalue weighted by atomic mass is 79.9. The number of nitrogens with zero attached hydrogens (tertiary/aromatic N) is 1. The van der Waals surface area contributed by atoms with Crippen LogP contribution in [0.3, 0.4) is 0 Å². The normalized spacial score (nSPS) is 16.1. The number of fused-ring (bicyclic) bond motifs is 1. The minimum Gasteiger partial charge on any atom is -0.481 e. The number of benzene rings is 1. The summed E-state index contributed by atoms with van der Waals surface area (Å²) in [6, 6.07) is 7.91. The number of hydrogen-bond donors (Lipinski definition) is 2. The fraction of sp³-hybridized carbons (Fsp3) is 0.412. The highest BCUT2D eigenvalue weighted by Crippen LogP contribution is 2.35. The van der Waals surface area contributed by atoms with Gasteiger partial charge in [-0.3, -0.25) is 9.59 Å². The predicted octanol–water partition coefficient (Wildman–Crippen LogP) is 3.23. The van der Waals surface area contributed by atoms with Crippen molar-refractivity contribution in [1.29, 1.82) is 0 Å². The van der Waals surface area contributed by atoms with E-state index in [0.29, 0.717) is 0 Å². The van der Waals surface area contributed by atoms with Gasteiger partial charge in [-0.2, -0.15) is 0 Å². The van der Waals surface area contributed by atoms with Gasteiger partial charge in [0.25, 0.3) is 0 Å². The number of nitrogens with one attached hydrogen (secondary N) is 1. The molecule has 0 unspecified atom stereocenters. The molecular formula is C17H19BrN2O3. The summed E-state index contributed by atoms with van der Waals surface area (Å²) >= 11 is 3.58. The molecule has 5 nitrogen and oxygen atoms in total. The second-order valence-corrected chi connectivity index (χ2v) is 7.05. The van der Waals surface area contributed by atoms with Crippen molar-refractivity contribution in [3.05, 3.63) is 34.4 Å². The zero-order chi connectivity index (χ0) is 16.6. The maximum atomic E-state index is 12.5. The van der Waals surface area contributed by atoms with Crippen molar-refractivity contribution in [3.63, 3.8) is 0 Å². The minimum atomic E-state index is -0.865. The molecule has 122 valence electrons. The summed E-state index contributed by atoms with van der Waals surface area (Å²) in [5.74, 6) is -1.00. The van der Waals surface area contributed by atoms with Gasteiger partial charge in [0.05, 0.1) is 12.0 Å². The lowest BCUT2D eigenvalue weighted by molar-refractivity contribution is -0.140. The first kappa shape index (κ1) is 16.1. The average molecular weight is 379 g/mol. The van der Waals surface area contributed by atoms with E-state index in [9.17, 15) is 9.59 Å². The fourth-order valence-electron chi connectivity index (χ4n) is 3.31. The summed E-state index contributed by atoms with van der Waals surface area (Å²) in [5, 5.41) is 13.1. The molecule has 6 heteroatoms. The monoisotopic (exact) mass is 378 g/mol. The van der Waals surface area contributed by atoms with Crippen LogP contribution in [0.15, 0.2) is 28.7 Å². The van der Waals surface area contributed by atoms with Crippen LogP contribution in [0, 0.1) is 6.92 Å². The van der Waals surface area contributed by atoms with E-state index in [0.717, 1.165) is 40.3 Å². The van der Waals surface area contributed by atoms with Crippen molar-refractivity contribution in [2.45, 2.75) is 44.7 Å². The number of halogens is 1. The van der Waals surface area contributed by atoms with E-state index in [2.05, 4.69) is 21.2 Å². The van der Waals surface area contributed by atoms with E-state index < -0.39 is 11.5 Å². The Hall–Kier alpha value is -1.82. The number of carbonyl (C=O) groups is 2. The van der Waals surface area contributed by atoms with Crippen LogP contribution >= 0.6 is 15.9 Å². The Bertz CT molecular complexity index is 777. The van der Waals surface area contributed by atoms with Gasteiger partial charge >= 0.3 is 5.97 Å². The molecular weight excluding hydrogens is 360 g/mol. The molecule has 0 atom stereocenters. The molecule has 0 aliphatic heterocycles. The predicted molar refractivity (Wildman–Crippen MR) is 91.4 cm³/mol. The lowest BCUT2D eigenvalue weighted by atomic mass is 9.74. The van der Waals surface area contributed by atoms with Crippen LogP contribution in [0.5, 0.6) is 0 Å². The summed E-state index contributed by atoms with van der Waals surface area (Å²) in [5.41, 5.74) is 1.42. The third-order valence-corrected chi connectivity index (χ3v) is 5.66. The summed E-state index contributed by atoms with van der Waals surface area (Å²) in [4.78, 5) is 23.5. The number of carboxylic acids is 1. The summed E-state index contributed by atoms with van der Waals surface area (Å²) < 4.78 is 2.95. The number of hydrogen-bond acceptors (Lipinski definition) is 2. The Morgan fingerprint density at radius 3 is 2.65 bits per heavy atom. The number of aliphatic carboxylic acids is 1. The molecule has 1 saturated carbocycles. The van der Waals surface area contributed by atoms with E-state index in [1.54, 1.807) is 0 Å². The number of rotatable bonds is 5. The van der Waals surface area contributed by atoms with Crippen molar-refractivity contribution < 1.29 is 14.7 Å². The second kappa shape index (κ2) is 6.00. The minimum absolute atomic E-state index is 0.00611. The first-order chi connectivity index (χ1) is 10.9. The van der Waals surface area contributed by atoms with E-state index >= 15 is 0 Å². The number of aromatic nitrogens is 1. The summed E-state index contributed by atoms with van der Waals surface area (Å²) in [6.45, 7) is 2.16. The van der Waals surface area contributed by atoms with Crippen molar-refractivity contribution in [2.75, 3.05) is 0 Å². The van der Waals surface area contributed by atoms with Crippen LogP contribution < -0.4 is 5.32 Å². The SMILES string of the molecule is Cc1c(Br)c2ccccc2n1CC(=O)NC1(CC(=O)O)CCC1. The van der Waals surface area contributed by atoms with Gasteiger partial charge < -0.3 is 15.0 Å².